The molecule has 0 aromatic heterocycles. The molecule has 0 spiro atoms. The van der Waals surface area contributed by atoms with Crippen molar-refractivity contribution in [1.29, 1.82) is 0 Å². The van der Waals surface area contributed by atoms with Gasteiger partial charge in [-0.1, -0.05) is 29.8 Å². The van der Waals surface area contributed by atoms with Crippen molar-refractivity contribution in [2.75, 3.05) is 42.7 Å². The summed E-state index contributed by atoms with van der Waals surface area (Å²) in [5.74, 6) is -0.643. The van der Waals surface area contributed by atoms with Crippen LogP contribution in [0.5, 0.6) is 0 Å². The van der Waals surface area contributed by atoms with Crippen LogP contribution in [-0.4, -0.2) is 53.3 Å². The first-order valence-electron chi connectivity index (χ1n) is 10.0. The summed E-state index contributed by atoms with van der Waals surface area (Å²) in [6, 6.07) is 11.7. The van der Waals surface area contributed by atoms with Gasteiger partial charge in [0.1, 0.15) is 0 Å². The molecule has 0 heterocycles. The van der Waals surface area contributed by atoms with Crippen LogP contribution in [0.1, 0.15) is 28.8 Å². The number of methoxy groups -OCH3 is 1. The Balaban J connectivity index is 2.02. The van der Waals surface area contributed by atoms with Gasteiger partial charge in [0, 0.05) is 31.6 Å². The number of nitrogens with one attached hydrogen (secondary N) is 2. The van der Waals surface area contributed by atoms with Crippen molar-refractivity contribution in [3.8, 4) is 0 Å². The quantitative estimate of drug-likeness (QED) is 0.479. The van der Waals surface area contributed by atoms with Gasteiger partial charge in [0.05, 0.1) is 29.8 Å². The van der Waals surface area contributed by atoms with Crippen LogP contribution in [0.15, 0.2) is 42.5 Å². The molecule has 0 aliphatic rings. The Morgan fingerprint density at radius 2 is 1.88 bits per heavy atom. The van der Waals surface area contributed by atoms with E-state index in [4.69, 9.17) is 16.3 Å². The number of rotatable bonds is 11. The molecule has 0 unspecified atom stereocenters. The highest BCUT2D eigenvalue weighted by Crippen LogP contribution is 2.26. The van der Waals surface area contributed by atoms with E-state index in [2.05, 4.69) is 10.6 Å². The predicted octanol–water partition coefficient (Wildman–Crippen LogP) is 3.21. The Kier molecular flexibility index (Phi) is 9.49. The first-order chi connectivity index (χ1) is 15.1. The number of nitrogens with zero attached hydrogens (tertiary/aromatic N) is 1. The van der Waals surface area contributed by atoms with Crippen molar-refractivity contribution >= 4 is 44.8 Å². The molecule has 2 amide bonds. The fourth-order valence-electron chi connectivity index (χ4n) is 3.06. The molecule has 0 bridgehead atoms. The van der Waals surface area contributed by atoms with Gasteiger partial charge in [0.2, 0.25) is 15.9 Å². The van der Waals surface area contributed by atoms with E-state index >= 15 is 0 Å². The third-order valence-electron chi connectivity index (χ3n) is 4.64. The van der Waals surface area contributed by atoms with Crippen molar-refractivity contribution in [1.82, 2.24) is 5.32 Å². The summed E-state index contributed by atoms with van der Waals surface area (Å²) in [4.78, 5) is 24.8. The number of aryl methyl sites for hydroxylation is 1. The van der Waals surface area contributed by atoms with Crippen molar-refractivity contribution in [2.24, 2.45) is 0 Å². The Bertz CT molecular complexity index is 1060. The van der Waals surface area contributed by atoms with Crippen LogP contribution in [0.4, 0.5) is 11.4 Å². The van der Waals surface area contributed by atoms with Gasteiger partial charge in [-0.05, 0) is 43.2 Å². The SMILES string of the molecule is COCCNC(=O)c1ccccc1NC(=O)CCCN(c1cc(Cl)ccc1C)S(C)(=O)=O. The Labute approximate surface area is 193 Å². The number of carbonyl (C=O) groups is 2. The fraction of sp³-hybridized carbons (Fsp3) is 0.364. The minimum Gasteiger partial charge on any atom is -0.383 e. The highest BCUT2D eigenvalue weighted by Gasteiger charge is 2.20. The number of sulfonamides is 1. The van der Waals surface area contributed by atoms with E-state index in [0.29, 0.717) is 35.1 Å². The molecule has 8 nitrogen and oxygen atoms in total. The third kappa shape index (κ3) is 7.51. The van der Waals surface area contributed by atoms with Crippen molar-refractivity contribution in [2.45, 2.75) is 19.8 Å². The van der Waals surface area contributed by atoms with Crippen LogP contribution < -0.4 is 14.9 Å². The highest BCUT2D eigenvalue weighted by molar-refractivity contribution is 7.92. The number of amides is 2. The minimum absolute atomic E-state index is 0.0747. The molecule has 2 aromatic carbocycles. The average Bonchev–Trinajstić information content (AvgIpc) is 2.73. The van der Waals surface area contributed by atoms with Gasteiger partial charge in [-0.25, -0.2) is 8.42 Å². The van der Waals surface area contributed by atoms with E-state index in [0.717, 1.165) is 11.8 Å². The van der Waals surface area contributed by atoms with Gasteiger partial charge < -0.3 is 15.4 Å². The smallest absolute Gasteiger partial charge is 0.253 e. The fourth-order valence-corrected chi connectivity index (χ4v) is 4.25. The number of para-hydroxylation sites is 1. The molecule has 0 saturated heterocycles. The second-order valence-corrected chi connectivity index (χ2v) is 9.56. The second kappa shape index (κ2) is 11.8. The summed E-state index contributed by atoms with van der Waals surface area (Å²) in [6.45, 7) is 2.64. The number of ether oxygens (including phenoxy) is 1. The minimum atomic E-state index is -3.56. The second-order valence-electron chi connectivity index (χ2n) is 7.21. The van der Waals surface area contributed by atoms with E-state index in [9.17, 15) is 18.0 Å². The van der Waals surface area contributed by atoms with Crippen LogP contribution in [-0.2, 0) is 19.6 Å². The van der Waals surface area contributed by atoms with Crippen LogP contribution in [0.25, 0.3) is 0 Å². The lowest BCUT2D eigenvalue weighted by Gasteiger charge is -2.24. The molecular weight excluding hydrogens is 454 g/mol. The van der Waals surface area contributed by atoms with E-state index < -0.39 is 10.0 Å². The maximum atomic E-state index is 12.5. The normalized spacial score (nSPS) is 11.1. The predicted molar refractivity (Wildman–Crippen MR) is 127 cm³/mol. The maximum Gasteiger partial charge on any atom is 0.253 e. The first-order valence-corrected chi connectivity index (χ1v) is 12.3. The summed E-state index contributed by atoms with van der Waals surface area (Å²) in [6.07, 6.45) is 1.48. The Morgan fingerprint density at radius 1 is 1.16 bits per heavy atom. The van der Waals surface area contributed by atoms with Crippen molar-refractivity contribution in [3.63, 3.8) is 0 Å². The molecule has 0 saturated carbocycles. The summed E-state index contributed by atoms with van der Waals surface area (Å²) in [5, 5.41) is 5.88. The molecule has 2 rings (SSSR count). The van der Waals surface area contributed by atoms with Crippen LogP contribution >= 0.6 is 11.6 Å². The number of anilines is 2. The van der Waals surface area contributed by atoms with Gasteiger partial charge in [-0.15, -0.1) is 0 Å². The number of benzene rings is 2. The van der Waals surface area contributed by atoms with Crippen LogP contribution in [0.3, 0.4) is 0 Å². The van der Waals surface area contributed by atoms with Gasteiger partial charge in [-0.3, -0.25) is 13.9 Å². The van der Waals surface area contributed by atoms with Crippen LogP contribution in [0, 0.1) is 6.92 Å². The Morgan fingerprint density at radius 3 is 2.56 bits per heavy atom. The molecule has 32 heavy (non-hydrogen) atoms. The molecule has 0 fully saturated rings. The zero-order valence-corrected chi connectivity index (χ0v) is 19.9. The standard InChI is InChI=1S/C22H28ClN3O5S/c1-16-10-11-17(23)15-20(16)26(32(3,29)30)13-6-9-21(27)25-19-8-5-4-7-18(19)22(28)24-12-14-31-2/h4-5,7-8,10-11,15H,6,9,12-14H2,1-3H3,(H,24,28)(H,25,27). The average molecular weight is 482 g/mol. The summed E-state index contributed by atoms with van der Waals surface area (Å²) >= 11 is 6.04. The molecular formula is C22H28ClN3O5S. The number of carbonyl (C=O) groups excluding carboxylic acids is 2. The lowest BCUT2D eigenvalue weighted by molar-refractivity contribution is -0.116. The van der Waals surface area contributed by atoms with Crippen molar-refractivity contribution < 1.29 is 22.7 Å². The zero-order valence-electron chi connectivity index (χ0n) is 18.4. The molecule has 2 aromatic rings. The molecule has 0 aliphatic heterocycles. The molecule has 2 N–H and O–H groups in total. The van der Waals surface area contributed by atoms with E-state index in [1.807, 2.05) is 0 Å². The van der Waals surface area contributed by atoms with Gasteiger partial charge in [-0.2, -0.15) is 0 Å². The summed E-state index contributed by atoms with van der Waals surface area (Å²) in [5.41, 5.74) is 1.97. The van der Waals surface area contributed by atoms with E-state index in [1.54, 1.807) is 56.5 Å². The first kappa shape index (κ1) is 25.6. The highest BCUT2D eigenvalue weighted by atomic mass is 35.5. The van der Waals surface area contributed by atoms with Gasteiger partial charge in [0.15, 0.2) is 0 Å². The van der Waals surface area contributed by atoms with E-state index in [1.165, 1.54) is 4.31 Å². The Hall–Kier alpha value is -2.62. The largest absolute Gasteiger partial charge is 0.383 e. The topological polar surface area (TPSA) is 105 Å². The maximum absolute atomic E-state index is 12.5. The monoisotopic (exact) mass is 481 g/mol. The van der Waals surface area contributed by atoms with Crippen LogP contribution in [0.2, 0.25) is 5.02 Å². The number of hydrogen-bond donors (Lipinski definition) is 2. The molecule has 0 atom stereocenters. The lowest BCUT2D eigenvalue weighted by Crippen LogP contribution is -2.32. The van der Waals surface area contributed by atoms with Gasteiger partial charge in [0.25, 0.3) is 5.91 Å². The molecule has 10 heteroatoms. The van der Waals surface area contributed by atoms with E-state index in [-0.39, 0.29) is 31.2 Å². The number of hydrogen-bond acceptors (Lipinski definition) is 5. The summed E-state index contributed by atoms with van der Waals surface area (Å²) in [7, 11) is -2.02. The lowest BCUT2D eigenvalue weighted by atomic mass is 10.1. The van der Waals surface area contributed by atoms with Crippen molar-refractivity contribution in [3.05, 3.63) is 58.6 Å². The molecule has 0 radical (unpaired) electrons. The molecule has 0 aliphatic carbocycles. The number of halogens is 1. The zero-order chi connectivity index (χ0) is 23.7. The van der Waals surface area contributed by atoms with Gasteiger partial charge >= 0.3 is 0 Å². The third-order valence-corrected chi connectivity index (χ3v) is 6.06. The molecule has 174 valence electrons. The summed E-state index contributed by atoms with van der Waals surface area (Å²) < 4.78 is 30.8.